The molecule has 4 N–H and O–H groups in total. The number of hydrogen-bond acceptors (Lipinski definition) is 6. The van der Waals surface area contributed by atoms with E-state index < -0.39 is 23.9 Å². The molecular formula is C33H43N5O6. The van der Waals surface area contributed by atoms with E-state index in [1.165, 1.54) is 0 Å². The van der Waals surface area contributed by atoms with E-state index in [-0.39, 0.29) is 55.2 Å². The fourth-order valence-corrected chi connectivity index (χ4v) is 5.36. The monoisotopic (exact) mass is 605 g/mol. The molecule has 2 atom stereocenters. The molecule has 5 amide bonds. The highest BCUT2D eigenvalue weighted by atomic mass is 16.5. The van der Waals surface area contributed by atoms with Gasteiger partial charge in [-0.05, 0) is 54.9 Å². The first-order valence-electron chi connectivity index (χ1n) is 15.4. The average molecular weight is 606 g/mol. The third-order valence-corrected chi connectivity index (χ3v) is 7.65. The molecule has 1 saturated heterocycles. The number of carbonyl (C=O) groups is 5. The molecule has 0 aliphatic carbocycles. The summed E-state index contributed by atoms with van der Waals surface area (Å²) in [6.07, 6.45) is 2.36. The van der Waals surface area contributed by atoms with Gasteiger partial charge in [-0.1, -0.05) is 50.2 Å². The Morgan fingerprint density at radius 1 is 1.00 bits per heavy atom. The molecule has 4 rings (SSSR count). The van der Waals surface area contributed by atoms with Gasteiger partial charge in [0.25, 0.3) is 5.91 Å². The number of ether oxygens (including phenoxy) is 1. The Balaban J connectivity index is 1.48. The SMILES string of the molecule is CC(C)C[C@H]1NC(=O)CC[C@@H](C(=O)NCc2cccc(CN3CCCC3=O)c2)NC(=O)c2ccccc2OCCCNC1=O. The summed E-state index contributed by atoms with van der Waals surface area (Å²) in [7, 11) is 0. The van der Waals surface area contributed by atoms with Gasteiger partial charge in [-0.3, -0.25) is 24.0 Å². The van der Waals surface area contributed by atoms with Crippen LogP contribution in [0.1, 0.15) is 73.9 Å². The van der Waals surface area contributed by atoms with E-state index in [2.05, 4.69) is 21.3 Å². The Bertz CT molecular complexity index is 1350. The summed E-state index contributed by atoms with van der Waals surface area (Å²) >= 11 is 0. The Morgan fingerprint density at radius 2 is 1.80 bits per heavy atom. The van der Waals surface area contributed by atoms with Crippen LogP contribution in [0.25, 0.3) is 0 Å². The molecule has 2 aliphatic rings. The maximum Gasteiger partial charge on any atom is 0.255 e. The molecule has 0 unspecified atom stereocenters. The predicted molar refractivity (Wildman–Crippen MR) is 164 cm³/mol. The number of amides is 5. The molecule has 0 radical (unpaired) electrons. The topological polar surface area (TPSA) is 146 Å². The van der Waals surface area contributed by atoms with Crippen molar-refractivity contribution in [2.75, 3.05) is 19.7 Å². The van der Waals surface area contributed by atoms with Crippen LogP contribution in [0.2, 0.25) is 0 Å². The van der Waals surface area contributed by atoms with Crippen molar-refractivity contribution in [1.82, 2.24) is 26.2 Å². The van der Waals surface area contributed by atoms with Gasteiger partial charge < -0.3 is 30.9 Å². The lowest BCUT2D eigenvalue weighted by atomic mass is 10.0. The van der Waals surface area contributed by atoms with E-state index in [9.17, 15) is 24.0 Å². The number of para-hydroxylation sites is 1. The van der Waals surface area contributed by atoms with E-state index >= 15 is 0 Å². The predicted octanol–water partition coefficient (Wildman–Crippen LogP) is 2.43. The lowest BCUT2D eigenvalue weighted by molar-refractivity contribution is -0.130. The van der Waals surface area contributed by atoms with Crippen LogP contribution in [0.3, 0.4) is 0 Å². The fraction of sp³-hybridized carbons (Fsp3) is 0.485. The van der Waals surface area contributed by atoms with Gasteiger partial charge in [0, 0.05) is 39.0 Å². The highest BCUT2D eigenvalue weighted by Crippen LogP contribution is 2.19. The minimum absolute atomic E-state index is 0.0273. The van der Waals surface area contributed by atoms with Gasteiger partial charge in [0.15, 0.2) is 0 Å². The van der Waals surface area contributed by atoms with Gasteiger partial charge >= 0.3 is 0 Å². The van der Waals surface area contributed by atoms with Crippen LogP contribution in [0.5, 0.6) is 5.75 Å². The molecule has 11 heteroatoms. The van der Waals surface area contributed by atoms with E-state index in [4.69, 9.17) is 4.74 Å². The largest absolute Gasteiger partial charge is 0.493 e. The smallest absolute Gasteiger partial charge is 0.255 e. The van der Waals surface area contributed by atoms with Crippen LogP contribution in [0.15, 0.2) is 48.5 Å². The first kappa shape index (κ1) is 32.5. The molecule has 2 aliphatic heterocycles. The van der Waals surface area contributed by atoms with Gasteiger partial charge in [-0.15, -0.1) is 0 Å². The van der Waals surface area contributed by atoms with Crippen molar-refractivity contribution in [2.24, 2.45) is 5.92 Å². The Kier molecular flexibility index (Phi) is 11.7. The zero-order valence-corrected chi connectivity index (χ0v) is 25.5. The molecule has 11 nitrogen and oxygen atoms in total. The minimum Gasteiger partial charge on any atom is -0.493 e. The standard InChI is InChI=1S/C33H43N5O6/c1-22(2)18-27-33(43)34-15-7-17-44-28-11-4-3-10-25(28)31(41)37-26(13-14-29(39)36-27)32(42)35-20-23-8-5-9-24(19-23)21-38-16-6-12-30(38)40/h3-5,8-11,19,22,26-27H,6-7,12-18,20-21H2,1-2H3,(H,34,43)(H,35,42)(H,36,39)(H,37,41)/t26-,27+/m0/s1. The molecule has 0 saturated carbocycles. The molecule has 2 aromatic carbocycles. The van der Waals surface area contributed by atoms with Crippen LogP contribution in [-0.2, 0) is 32.3 Å². The second-order valence-electron chi connectivity index (χ2n) is 11.8. The molecule has 2 aromatic rings. The molecule has 0 aromatic heterocycles. The van der Waals surface area contributed by atoms with Gasteiger partial charge in [0.2, 0.25) is 23.6 Å². The summed E-state index contributed by atoms with van der Waals surface area (Å²) in [6, 6.07) is 12.7. The van der Waals surface area contributed by atoms with Gasteiger partial charge in [-0.2, -0.15) is 0 Å². The highest BCUT2D eigenvalue weighted by molar-refractivity contribution is 5.99. The summed E-state index contributed by atoms with van der Waals surface area (Å²) in [6.45, 7) is 6.04. The summed E-state index contributed by atoms with van der Waals surface area (Å²) in [5.41, 5.74) is 2.09. The van der Waals surface area contributed by atoms with Crippen molar-refractivity contribution in [2.45, 2.75) is 77.5 Å². The van der Waals surface area contributed by atoms with E-state index in [1.807, 2.05) is 43.0 Å². The number of nitrogens with one attached hydrogen (secondary N) is 4. The molecule has 0 bridgehead atoms. The Labute approximate surface area is 258 Å². The van der Waals surface area contributed by atoms with Crippen LogP contribution in [-0.4, -0.2) is 66.2 Å². The second kappa shape index (κ2) is 15.9. The van der Waals surface area contributed by atoms with Crippen molar-refractivity contribution < 1.29 is 28.7 Å². The third-order valence-electron chi connectivity index (χ3n) is 7.65. The normalized spacial score (nSPS) is 20.3. The quantitative estimate of drug-likeness (QED) is 0.382. The van der Waals surface area contributed by atoms with E-state index in [0.717, 1.165) is 24.1 Å². The van der Waals surface area contributed by atoms with Crippen molar-refractivity contribution in [3.05, 3.63) is 65.2 Å². The highest BCUT2D eigenvalue weighted by Gasteiger charge is 2.27. The summed E-state index contributed by atoms with van der Waals surface area (Å²) < 4.78 is 5.86. The average Bonchev–Trinajstić information content (AvgIpc) is 3.40. The first-order valence-corrected chi connectivity index (χ1v) is 15.4. The molecule has 2 heterocycles. The van der Waals surface area contributed by atoms with Crippen LogP contribution in [0, 0.1) is 5.92 Å². The van der Waals surface area contributed by atoms with Gasteiger partial charge in [-0.25, -0.2) is 0 Å². The zero-order chi connectivity index (χ0) is 31.5. The second-order valence-corrected chi connectivity index (χ2v) is 11.8. The number of rotatable bonds is 7. The fourth-order valence-electron chi connectivity index (χ4n) is 5.36. The number of hydrogen-bond donors (Lipinski definition) is 4. The van der Waals surface area contributed by atoms with Crippen molar-refractivity contribution in [3.63, 3.8) is 0 Å². The minimum atomic E-state index is -1.02. The zero-order valence-electron chi connectivity index (χ0n) is 25.5. The number of benzene rings is 2. The Morgan fingerprint density at radius 3 is 2.57 bits per heavy atom. The van der Waals surface area contributed by atoms with E-state index in [0.29, 0.717) is 38.1 Å². The van der Waals surface area contributed by atoms with Crippen LogP contribution in [0.4, 0.5) is 0 Å². The summed E-state index contributed by atoms with van der Waals surface area (Å²) in [4.78, 5) is 66.5. The lowest BCUT2D eigenvalue weighted by Crippen LogP contribution is -2.49. The number of fused-ring (bicyclic) bond motifs is 1. The maximum atomic E-state index is 13.4. The summed E-state index contributed by atoms with van der Waals surface area (Å²) in [5, 5.41) is 11.4. The van der Waals surface area contributed by atoms with Gasteiger partial charge in [0.1, 0.15) is 17.8 Å². The number of carbonyl (C=O) groups excluding carboxylic acids is 5. The molecule has 0 spiro atoms. The van der Waals surface area contributed by atoms with E-state index in [1.54, 1.807) is 24.3 Å². The lowest BCUT2D eigenvalue weighted by Gasteiger charge is -2.23. The summed E-state index contributed by atoms with van der Waals surface area (Å²) in [5.74, 6) is -0.892. The number of likely N-dealkylation sites (tertiary alicyclic amines) is 1. The van der Waals surface area contributed by atoms with Crippen LogP contribution < -0.4 is 26.0 Å². The Hall–Kier alpha value is -4.41. The van der Waals surface area contributed by atoms with Crippen LogP contribution >= 0.6 is 0 Å². The third kappa shape index (κ3) is 9.55. The molecular weight excluding hydrogens is 562 g/mol. The molecule has 44 heavy (non-hydrogen) atoms. The first-order chi connectivity index (χ1) is 21.2. The van der Waals surface area contributed by atoms with Gasteiger partial charge in [0.05, 0.1) is 12.2 Å². The maximum absolute atomic E-state index is 13.4. The number of nitrogens with zero attached hydrogens (tertiary/aromatic N) is 1. The van der Waals surface area contributed by atoms with Crippen molar-refractivity contribution >= 4 is 29.5 Å². The molecule has 236 valence electrons. The molecule has 1 fully saturated rings. The van der Waals surface area contributed by atoms with Crippen molar-refractivity contribution in [3.8, 4) is 5.75 Å². The van der Waals surface area contributed by atoms with Crippen molar-refractivity contribution in [1.29, 1.82) is 0 Å².